The molecular weight excluding hydrogens is 920 g/mol. The molecule has 378 valence electrons. The van der Waals surface area contributed by atoms with Gasteiger partial charge < -0.3 is 103 Å². The number of benzene rings is 3. The summed E-state index contributed by atoms with van der Waals surface area (Å²) < 4.78 is 61.9. The average molecular weight is 977 g/mol. The van der Waals surface area contributed by atoms with Crippen molar-refractivity contribution in [2.24, 2.45) is 0 Å². The van der Waals surface area contributed by atoms with Gasteiger partial charge in [0.1, 0.15) is 62.0 Å². The Hall–Kier alpha value is -5.80. The van der Waals surface area contributed by atoms with Crippen LogP contribution in [0, 0.1) is 0 Å². The number of ether oxygens (including phenoxy) is 11. The second-order valence-corrected chi connectivity index (χ2v) is 16.2. The molecule has 3 aliphatic heterocycles. The van der Waals surface area contributed by atoms with Crippen molar-refractivity contribution >= 4 is 24.1 Å². The van der Waals surface area contributed by atoms with Crippen LogP contribution in [0.1, 0.15) is 23.6 Å². The number of hydrogen-bond acceptors (Lipinski definition) is 23. The molecule has 0 aromatic heterocycles. The number of phenolic OH excluding ortho intramolecular Hbond substituents is 4. The quantitative estimate of drug-likeness (QED) is 0.0420. The van der Waals surface area contributed by atoms with Gasteiger partial charge in [-0.25, -0.2) is 9.59 Å². The molecule has 3 aromatic carbocycles. The molecule has 13 atom stereocenters. The molecule has 3 fully saturated rings. The fourth-order valence-corrected chi connectivity index (χ4v) is 7.41. The van der Waals surface area contributed by atoms with Gasteiger partial charge in [-0.15, -0.1) is 0 Å². The maximum atomic E-state index is 13.1. The fourth-order valence-electron chi connectivity index (χ4n) is 7.41. The largest absolute Gasteiger partial charge is 0.504 e. The van der Waals surface area contributed by atoms with Crippen LogP contribution >= 0.6 is 0 Å². The van der Waals surface area contributed by atoms with Crippen molar-refractivity contribution in [1.82, 2.24) is 0 Å². The minimum absolute atomic E-state index is 0.0572. The van der Waals surface area contributed by atoms with Crippen molar-refractivity contribution in [3.8, 4) is 40.2 Å². The van der Waals surface area contributed by atoms with E-state index in [1.54, 1.807) is 0 Å². The molecule has 0 saturated carbocycles. The molecule has 0 unspecified atom stereocenters. The highest BCUT2D eigenvalue weighted by Crippen LogP contribution is 2.38. The molecular formula is C46H56O23. The first-order valence-electron chi connectivity index (χ1n) is 21.4. The Morgan fingerprint density at radius 3 is 1.97 bits per heavy atom. The molecule has 3 aromatic rings. The van der Waals surface area contributed by atoms with Gasteiger partial charge in [0.05, 0.1) is 40.6 Å². The van der Waals surface area contributed by atoms with E-state index >= 15 is 0 Å². The minimum atomic E-state index is -2.28. The zero-order valence-corrected chi connectivity index (χ0v) is 37.7. The number of aliphatic hydroxyl groups excluding tert-OH is 5. The standard InChI is InChI=1S/C46H56O23/c1-22-35(52)38(55)39(56)43(66-22)68-40-37(54)32(19-63-33(50)12-8-25-17-30(60-3)36(53)31(18-25)61-4)67-44(62-14-13-24-5-9-26(47)28(49)15-24)41(40)69-45-42(57)46(58,21-65-45)20-64-34(51)11-7-23-6-10-27(48)29(16-23)59-2/h5-12,15-18,22,32,35,37-45,47-49,52-58H,13-14,19-21H2,1-4H3/b11-7+,12-8+/t22-,32+,35-,37+,38+,39+,40-,41+,42-,43-,44+,45-,46+/m0/s1. The molecule has 23 nitrogen and oxygen atoms in total. The fraction of sp³-hybridized carbons (Fsp3) is 0.478. The van der Waals surface area contributed by atoms with Crippen LogP contribution in [0.15, 0.2) is 60.7 Å². The van der Waals surface area contributed by atoms with Crippen molar-refractivity contribution in [3.05, 3.63) is 77.4 Å². The van der Waals surface area contributed by atoms with Gasteiger partial charge in [0.15, 0.2) is 59.0 Å². The van der Waals surface area contributed by atoms with Crippen LogP contribution in [0.2, 0.25) is 0 Å². The molecule has 0 radical (unpaired) electrons. The van der Waals surface area contributed by atoms with Crippen LogP contribution in [0.3, 0.4) is 0 Å². The van der Waals surface area contributed by atoms with E-state index in [0.29, 0.717) is 16.7 Å². The lowest BCUT2D eigenvalue weighted by Crippen LogP contribution is -2.65. The van der Waals surface area contributed by atoms with E-state index in [1.807, 2.05) is 0 Å². The molecule has 3 heterocycles. The zero-order chi connectivity index (χ0) is 50.2. The van der Waals surface area contributed by atoms with Crippen molar-refractivity contribution in [2.45, 2.75) is 92.8 Å². The normalized spacial score (nSPS) is 30.3. The number of carbonyl (C=O) groups excluding carboxylic acids is 2. The number of carbonyl (C=O) groups is 2. The van der Waals surface area contributed by atoms with Crippen molar-refractivity contribution in [1.29, 1.82) is 0 Å². The monoisotopic (exact) mass is 976 g/mol. The molecule has 0 bridgehead atoms. The highest BCUT2D eigenvalue weighted by atomic mass is 16.8. The van der Waals surface area contributed by atoms with E-state index in [0.717, 1.165) is 12.2 Å². The molecule has 23 heteroatoms. The molecule has 0 aliphatic carbocycles. The van der Waals surface area contributed by atoms with Gasteiger partial charge in [-0.2, -0.15) is 0 Å². The van der Waals surface area contributed by atoms with Crippen molar-refractivity contribution in [2.75, 3.05) is 47.8 Å². The highest BCUT2D eigenvalue weighted by Gasteiger charge is 2.56. The van der Waals surface area contributed by atoms with Gasteiger partial charge in [0, 0.05) is 12.2 Å². The molecule has 0 amide bonds. The Bertz CT molecular complexity index is 2260. The lowest BCUT2D eigenvalue weighted by molar-refractivity contribution is -0.375. The summed E-state index contributed by atoms with van der Waals surface area (Å²) in [4.78, 5) is 25.8. The van der Waals surface area contributed by atoms with E-state index in [1.165, 1.54) is 88.9 Å². The summed E-state index contributed by atoms with van der Waals surface area (Å²) in [5.74, 6) is -2.78. The van der Waals surface area contributed by atoms with Crippen LogP contribution < -0.4 is 14.2 Å². The number of hydrogen-bond donors (Lipinski definition) is 10. The maximum absolute atomic E-state index is 13.1. The smallest absolute Gasteiger partial charge is 0.330 e. The van der Waals surface area contributed by atoms with Gasteiger partial charge in [-0.05, 0) is 78.6 Å². The number of methoxy groups -OCH3 is 3. The number of phenols is 4. The van der Waals surface area contributed by atoms with Crippen molar-refractivity contribution in [3.63, 3.8) is 0 Å². The van der Waals surface area contributed by atoms with Crippen LogP contribution in [0.25, 0.3) is 12.2 Å². The summed E-state index contributed by atoms with van der Waals surface area (Å²) in [5.41, 5.74) is -0.966. The van der Waals surface area contributed by atoms with Gasteiger partial charge in [0.2, 0.25) is 5.75 Å². The maximum Gasteiger partial charge on any atom is 0.330 e. The summed E-state index contributed by atoms with van der Waals surface area (Å²) in [6, 6.07) is 11.2. The molecule has 6 rings (SSSR count). The van der Waals surface area contributed by atoms with E-state index in [-0.39, 0.29) is 47.5 Å². The summed E-state index contributed by atoms with van der Waals surface area (Å²) in [6.45, 7) is -0.998. The third kappa shape index (κ3) is 12.7. The van der Waals surface area contributed by atoms with Crippen LogP contribution in [-0.4, -0.2) is 190 Å². The lowest BCUT2D eigenvalue weighted by Gasteiger charge is -2.47. The SMILES string of the molecule is COc1cc(/C=C/C(=O)OC[C@@]2(O)CO[C@@H](O[C@H]3[C@H](OCCc4ccc(O)c(O)c4)O[C@H](COC(=O)/C=C/c4cc(OC)c(O)c(OC)c4)[C@@H](O)[C@@H]3O[C@@H]3O[C@@H](C)[C@H](O)[C@@H](O)[C@H]3O)[C@@H]2O)ccc1O. The Balaban J connectivity index is 1.23. The highest BCUT2D eigenvalue weighted by molar-refractivity contribution is 5.88. The lowest BCUT2D eigenvalue weighted by atomic mass is 9.96. The third-order valence-electron chi connectivity index (χ3n) is 11.4. The average Bonchev–Trinajstić information content (AvgIpc) is 3.62. The summed E-state index contributed by atoms with van der Waals surface area (Å²) in [6.07, 6.45) is -15.6. The summed E-state index contributed by atoms with van der Waals surface area (Å²) in [5, 5.41) is 107. The van der Waals surface area contributed by atoms with E-state index in [2.05, 4.69) is 0 Å². The number of rotatable bonds is 19. The van der Waals surface area contributed by atoms with E-state index in [9.17, 15) is 60.7 Å². The second-order valence-electron chi connectivity index (χ2n) is 16.2. The number of aromatic hydroxyl groups is 4. The Kier molecular flexibility index (Phi) is 17.7. The molecule has 69 heavy (non-hydrogen) atoms. The summed E-state index contributed by atoms with van der Waals surface area (Å²) in [7, 11) is 4.00. The molecule has 3 saturated heterocycles. The number of esters is 2. The van der Waals surface area contributed by atoms with E-state index < -0.39 is 117 Å². The second kappa shape index (κ2) is 23.2. The van der Waals surface area contributed by atoms with Crippen molar-refractivity contribution < 1.29 is 113 Å². The van der Waals surface area contributed by atoms with Gasteiger partial charge >= 0.3 is 11.9 Å². The Labute approximate surface area is 394 Å². The topological polar surface area (TPSA) is 338 Å². The van der Waals surface area contributed by atoms with Gasteiger partial charge in [0.25, 0.3) is 0 Å². The molecule has 0 spiro atoms. The number of aliphatic hydroxyl groups is 6. The molecule has 10 N–H and O–H groups in total. The van der Waals surface area contributed by atoms with E-state index in [4.69, 9.17) is 52.1 Å². The van der Waals surface area contributed by atoms with Gasteiger partial charge in [-0.1, -0.05) is 12.1 Å². The minimum Gasteiger partial charge on any atom is -0.504 e. The predicted octanol–water partition coefficient (Wildman–Crippen LogP) is -0.261. The first-order valence-corrected chi connectivity index (χ1v) is 21.4. The molecule has 3 aliphatic rings. The Morgan fingerprint density at radius 2 is 1.30 bits per heavy atom. The van der Waals surface area contributed by atoms with Crippen LogP contribution in [0.4, 0.5) is 0 Å². The third-order valence-corrected chi connectivity index (χ3v) is 11.4. The zero-order valence-electron chi connectivity index (χ0n) is 37.7. The Morgan fingerprint density at radius 1 is 0.681 bits per heavy atom. The van der Waals surface area contributed by atoms with Crippen LogP contribution in [0.5, 0.6) is 40.2 Å². The first kappa shape index (κ1) is 52.6. The summed E-state index contributed by atoms with van der Waals surface area (Å²) >= 11 is 0. The van der Waals surface area contributed by atoms with Crippen LogP contribution in [-0.2, 0) is 53.9 Å². The predicted molar refractivity (Wildman–Crippen MR) is 233 cm³/mol. The first-order chi connectivity index (χ1) is 32.9. The van der Waals surface area contributed by atoms with Gasteiger partial charge in [-0.3, -0.25) is 0 Å².